The van der Waals surface area contributed by atoms with E-state index in [0.717, 1.165) is 25.7 Å². The second kappa shape index (κ2) is 6.52. The Morgan fingerprint density at radius 1 is 1.06 bits per heavy atom. The van der Waals surface area contributed by atoms with Crippen LogP contribution in [0.15, 0.2) is 0 Å². The molecule has 0 aromatic carbocycles. The van der Waals surface area contributed by atoms with E-state index >= 15 is 0 Å². The van der Waals surface area contributed by atoms with Gasteiger partial charge >= 0.3 is 0 Å². The highest BCUT2D eigenvalue weighted by atomic mass is 35.5. The third kappa shape index (κ3) is 3.57. The molecule has 2 atom stereocenters. The molecule has 2 rings (SSSR count). The van der Waals surface area contributed by atoms with Crippen molar-refractivity contribution >= 4 is 22.6 Å². The van der Waals surface area contributed by atoms with Crippen molar-refractivity contribution in [2.24, 2.45) is 11.7 Å². The quantitative estimate of drug-likeness (QED) is 0.820. The second-order valence-corrected chi connectivity index (χ2v) is 7.30. The second-order valence-electron chi connectivity index (χ2n) is 5.37. The average Bonchev–Trinajstić information content (AvgIpc) is 2.29. The zero-order chi connectivity index (χ0) is 12.5. The lowest BCUT2D eigenvalue weighted by Gasteiger charge is -2.37. The van der Waals surface area contributed by atoms with E-state index < -0.39 is 10.2 Å². The first kappa shape index (κ1) is 16.2. The van der Waals surface area contributed by atoms with Gasteiger partial charge in [0.2, 0.25) is 0 Å². The van der Waals surface area contributed by atoms with Crippen LogP contribution in [-0.2, 0) is 10.2 Å². The zero-order valence-corrected chi connectivity index (χ0v) is 12.5. The molecule has 5 nitrogen and oxygen atoms in total. The fraction of sp³-hybridized carbons (Fsp3) is 1.00. The average molecular weight is 298 g/mol. The Bertz CT molecular complexity index is 335. The van der Waals surface area contributed by atoms with Crippen molar-refractivity contribution in [2.75, 3.05) is 26.2 Å². The lowest BCUT2D eigenvalue weighted by molar-refractivity contribution is 0.241. The smallest absolute Gasteiger partial charge is 0.282 e. The van der Waals surface area contributed by atoms with Crippen LogP contribution in [0.3, 0.4) is 0 Å². The zero-order valence-electron chi connectivity index (χ0n) is 10.9. The van der Waals surface area contributed by atoms with E-state index in [0.29, 0.717) is 32.1 Å². The summed E-state index contributed by atoms with van der Waals surface area (Å²) in [6, 6.07) is 0.000684. The van der Waals surface area contributed by atoms with Crippen LogP contribution >= 0.6 is 12.4 Å². The maximum absolute atomic E-state index is 12.4. The molecule has 2 N–H and O–H groups in total. The molecule has 2 fully saturated rings. The minimum absolute atomic E-state index is 0. The standard InChI is InChI=1S/C11H23N3O2S.ClH/c1-10-4-2-6-13(8-10)17(15,16)14-7-3-5-11(12)9-14;/h10-11H,2-9,12H2,1H3;1H/t10?,11-;/m1./s1. The number of nitrogens with two attached hydrogens (primary N) is 1. The van der Waals surface area contributed by atoms with Gasteiger partial charge in [0, 0.05) is 32.2 Å². The van der Waals surface area contributed by atoms with E-state index in [2.05, 4.69) is 6.92 Å². The molecule has 2 aliphatic rings. The molecule has 2 aliphatic heterocycles. The summed E-state index contributed by atoms with van der Waals surface area (Å²) in [6.07, 6.45) is 3.91. The first-order valence-electron chi connectivity index (χ1n) is 6.51. The number of halogens is 1. The van der Waals surface area contributed by atoms with Gasteiger partial charge in [0.15, 0.2) is 0 Å². The molecular weight excluding hydrogens is 274 g/mol. The molecule has 0 aromatic heterocycles. The summed E-state index contributed by atoms with van der Waals surface area (Å²) < 4.78 is 28.1. The van der Waals surface area contributed by atoms with Gasteiger partial charge in [0.05, 0.1) is 0 Å². The molecule has 0 bridgehead atoms. The van der Waals surface area contributed by atoms with Gasteiger partial charge in [-0.15, -0.1) is 12.4 Å². The van der Waals surface area contributed by atoms with Gasteiger partial charge in [-0.05, 0) is 31.6 Å². The Morgan fingerprint density at radius 2 is 1.61 bits per heavy atom. The van der Waals surface area contributed by atoms with Gasteiger partial charge in [-0.2, -0.15) is 17.0 Å². The molecule has 0 saturated carbocycles. The molecular formula is C11H24ClN3O2S. The normalized spacial score (nSPS) is 31.9. The molecule has 0 radical (unpaired) electrons. The van der Waals surface area contributed by atoms with Crippen LogP contribution in [0.1, 0.15) is 32.6 Å². The predicted octanol–water partition coefficient (Wildman–Crippen LogP) is 0.808. The van der Waals surface area contributed by atoms with Gasteiger partial charge in [0.25, 0.3) is 10.2 Å². The van der Waals surface area contributed by atoms with E-state index in [1.54, 1.807) is 8.61 Å². The molecule has 18 heavy (non-hydrogen) atoms. The van der Waals surface area contributed by atoms with Crippen LogP contribution in [0.2, 0.25) is 0 Å². The van der Waals surface area contributed by atoms with Crippen LogP contribution in [0.4, 0.5) is 0 Å². The number of piperidine rings is 2. The summed E-state index contributed by atoms with van der Waals surface area (Å²) in [6.45, 7) is 4.55. The molecule has 2 heterocycles. The highest BCUT2D eigenvalue weighted by molar-refractivity contribution is 7.86. The van der Waals surface area contributed by atoms with Crippen molar-refractivity contribution in [3.05, 3.63) is 0 Å². The van der Waals surface area contributed by atoms with E-state index in [1.165, 1.54) is 0 Å². The van der Waals surface area contributed by atoms with Crippen molar-refractivity contribution in [3.63, 3.8) is 0 Å². The van der Waals surface area contributed by atoms with Gasteiger partial charge in [0.1, 0.15) is 0 Å². The fourth-order valence-electron chi connectivity index (χ4n) is 2.70. The summed E-state index contributed by atoms with van der Waals surface area (Å²) >= 11 is 0. The molecule has 0 aliphatic carbocycles. The van der Waals surface area contributed by atoms with E-state index in [9.17, 15) is 8.42 Å². The first-order valence-corrected chi connectivity index (χ1v) is 7.90. The summed E-state index contributed by atoms with van der Waals surface area (Å²) in [4.78, 5) is 0. The maximum atomic E-state index is 12.4. The van der Waals surface area contributed by atoms with Crippen molar-refractivity contribution in [2.45, 2.75) is 38.6 Å². The first-order chi connectivity index (χ1) is 8.00. The summed E-state index contributed by atoms with van der Waals surface area (Å²) in [5.74, 6) is 0.469. The maximum Gasteiger partial charge on any atom is 0.282 e. The highest BCUT2D eigenvalue weighted by Crippen LogP contribution is 2.22. The van der Waals surface area contributed by atoms with Crippen LogP contribution in [0.5, 0.6) is 0 Å². The molecule has 0 aromatic rings. The molecule has 7 heteroatoms. The Balaban J connectivity index is 0.00000162. The summed E-state index contributed by atoms with van der Waals surface area (Å²) in [7, 11) is -3.26. The van der Waals surface area contributed by atoms with Crippen LogP contribution in [0, 0.1) is 5.92 Å². The van der Waals surface area contributed by atoms with E-state index in [1.807, 2.05) is 0 Å². The van der Waals surface area contributed by atoms with Gasteiger partial charge in [-0.1, -0.05) is 6.92 Å². The van der Waals surface area contributed by atoms with Crippen LogP contribution in [0.25, 0.3) is 0 Å². The van der Waals surface area contributed by atoms with Gasteiger partial charge in [-0.3, -0.25) is 0 Å². The van der Waals surface area contributed by atoms with Gasteiger partial charge in [-0.25, -0.2) is 0 Å². The SMILES string of the molecule is CC1CCCN(S(=O)(=O)N2CCC[C@@H](N)C2)C1.Cl. The highest BCUT2D eigenvalue weighted by Gasteiger charge is 2.34. The van der Waals surface area contributed by atoms with Crippen molar-refractivity contribution < 1.29 is 8.42 Å². The minimum atomic E-state index is -3.26. The van der Waals surface area contributed by atoms with Crippen molar-refractivity contribution in [1.29, 1.82) is 0 Å². The Labute approximate surface area is 116 Å². The molecule has 1 unspecified atom stereocenters. The minimum Gasteiger partial charge on any atom is -0.327 e. The van der Waals surface area contributed by atoms with Crippen LogP contribution < -0.4 is 5.73 Å². The fourth-order valence-corrected chi connectivity index (χ4v) is 4.57. The van der Waals surface area contributed by atoms with E-state index in [4.69, 9.17) is 5.73 Å². The van der Waals surface area contributed by atoms with Gasteiger partial charge < -0.3 is 5.73 Å². The molecule has 108 valence electrons. The number of hydrogen-bond donors (Lipinski definition) is 1. The predicted molar refractivity (Wildman–Crippen MR) is 74.9 cm³/mol. The third-order valence-corrected chi connectivity index (χ3v) is 5.66. The topological polar surface area (TPSA) is 66.6 Å². The van der Waals surface area contributed by atoms with Crippen LogP contribution in [-0.4, -0.2) is 49.2 Å². The van der Waals surface area contributed by atoms with Crippen molar-refractivity contribution in [1.82, 2.24) is 8.61 Å². The number of rotatable bonds is 2. The molecule has 0 spiro atoms. The lowest BCUT2D eigenvalue weighted by atomic mass is 10.0. The third-order valence-electron chi connectivity index (χ3n) is 3.69. The van der Waals surface area contributed by atoms with E-state index in [-0.39, 0.29) is 18.4 Å². The Morgan fingerprint density at radius 3 is 2.17 bits per heavy atom. The lowest BCUT2D eigenvalue weighted by Crippen LogP contribution is -2.53. The number of hydrogen-bond acceptors (Lipinski definition) is 3. The molecule has 2 saturated heterocycles. The largest absolute Gasteiger partial charge is 0.327 e. The molecule has 0 amide bonds. The number of nitrogens with zero attached hydrogens (tertiary/aromatic N) is 2. The van der Waals surface area contributed by atoms with Crippen molar-refractivity contribution in [3.8, 4) is 0 Å². The summed E-state index contributed by atoms with van der Waals surface area (Å²) in [5, 5.41) is 0. The summed E-state index contributed by atoms with van der Waals surface area (Å²) in [5.41, 5.74) is 5.85. The monoisotopic (exact) mass is 297 g/mol. The Kier molecular flexibility index (Phi) is 5.86. The Hall–Kier alpha value is 0.120.